The van der Waals surface area contributed by atoms with E-state index in [1.165, 1.54) is 9.80 Å². The third-order valence-corrected chi connectivity index (χ3v) is 24.9. The van der Waals surface area contributed by atoms with Crippen LogP contribution in [0, 0.1) is 0 Å². The van der Waals surface area contributed by atoms with Crippen molar-refractivity contribution in [3.05, 3.63) is 247 Å². The van der Waals surface area contributed by atoms with Crippen LogP contribution in [0.5, 0.6) is 46.0 Å². The van der Waals surface area contributed by atoms with E-state index < -0.39 is 23.6 Å². The van der Waals surface area contributed by atoms with Gasteiger partial charge in [0.2, 0.25) is 0 Å². The topological polar surface area (TPSA) is 112 Å². The third-order valence-electron chi connectivity index (χ3n) is 24.9. The number of hydrogen-bond acceptors (Lipinski definition) is 8. The Hall–Kier alpha value is -11.1. The lowest BCUT2D eigenvalue weighted by molar-refractivity contribution is 0.0877. The number of imide groups is 2. The van der Waals surface area contributed by atoms with Crippen molar-refractivity contribution in [2.45, 2.75) is 237 Å². The molecule has 16 rings (SSSR count). The number of fused-ring (bicyclic) bond motifs is 4. The summed E-state index contributed by atoms with van der Waals surface area (Å²) in [6, 6.07) is 54.3. The Morgan fingerprint density at radius 2 is 0.362 bits per heavy atom. The van der Waals surface area contributed by atoms with E-state index in [-0.39, 0.29) is 71.0 Å². The standard InChI is InChI=1S/C106H110N2O8/c1-51(2)63-31-25-32-64(52(3)4)97(63)107-103(109)79-47-83(113-99-67(55(9)10)35-27-36-68(99)56(11)12)91-75-43-45-77-88-78(46-44-76(87(75)88)92-84(48-80(104(107)110)89(79)95(91)92)114-100-69(57(13)14)37-28-38-70(100)58(15)16)94-86(116-102-73(61(21)22)41-30-42-74(102)62(23)24)50-82-90-81(105(111)108(106(82)112)98-65(53(5)6)33-26-34-66(98)54(7)8)49-85(93(77)96(90)94)115-101-71(59(17)18)39-29-40-72(101)60(19)20/h25-62H,1-24H3. The molecule has 0 atom stereocenters. The van der Waals surface area contributed by atoms with Gasteiger partial charge in [-0.15, -0.1) is 0 Å². The number of carbonyl (C=O) groups is 4. The molecule has 2 heterocycles. The summed E-state index contributed by atoms with van der Waals surface area (Å²) in [5, 5.41) is 10.0. The zero-order chi connectivity index (χ0) is 82.7. The Bertz CT molecular complexity index is 5560. The van der Waals surface area contributed by atoms with E-state index >= 15 is 19.2 Å². The highest BCUT2D eigenvalue weighted by molar-refractivity contribution is 6.49. The molecule has 14 aromatic rings. The number of carbonyl (C=O) groups excluding carboxylic acids is 4. The SMILES string of the molecule is CC(C)c1cccc(C(C)C)c1Oc1cc2c3c(cc(Oc4c(C(C)C)cccc4C(C)C)c4c5ccc6c7c(Oc8c(C(C)C)cccc8C(C)C)cc8c9c(cc(Oc%10c(C(C)C)cccc%10C(C)C)c(c%10ccc(c1c34)c5c%106)c97)C(=O)N(c1c(C(C)C)cccc1C(C)C)C8=O)C(=O)N(c1c(C(C)C)cccc1C(C)C)C2=O. The van der Waals surface area contributed by atoms with E-state index in [4.69, 9.17) is 18.9 Å². The van der Waals surface area contributed by atoms with Crippen LogP contribution in [0.2, 0.25) is 0 Å². The fourth-order valence-electron chi connectivity index (χ4n) is 19.0. The average molecular weight is 1540 g/mol. The summed E-state index contributed by atoms with van der Waals surface area (Å²) in [4.78, 5) is 70.3. The van der Waals surface area contributed by atoms with Crippen LogP contribution in [0.1, 0.15) is 345 Å². The van der Waals surface area contributed by atoms with Gasteiger partial charge in [-0.3, -0.25) is 19.2 Å². The fourth-order valence-corrected chi connectivity index (χ4v) is 19.0. The number of anilines is 2. The lowest BCUT2D eigenvalue weighted by Crippen LogP contribution is -2.42. The highest BCUT2D eigenvalue weighted by Crippen LogP contribution is 2.60. The van der Waals surface area contributed by atoms with Crippen LogP contribution in [0.25, 0.3) is 75.4 Å². The van der Waals surface area contributed by atoms with Gasteiger partial charge in [0.15, 0.2) is 0 Å². The summed E-state index contributed by atoms with van der Waals surface area (Å²) < 4.78 is 31.9. The highest BCUT2D eigenvalue weighted by Gasteiger charge is 2.44. The quantitative estimate of drug-likeness (QED) is 0.0375. The van der Waals surface area contributed by atoms with Gasteiger partial charge in [-0.1, -0.05) is 300 Å². The molecule has 0 radical (unpaired) electrons. The Morgan fingerprint density at radius 1 is 0.198 bits per heavy atom. The summed E-state index contributed by atoms with van der Waals surface area (Å²) in [6.45, 7) is 51.9. The van der Waals surface area contributed by atoms with Crippen LogP contribution in [0.15, 0.2) is 158 Å². The van der Waals surface area contributed by atoms with E-state index in [1.807, 2.05) is 60.7 Å². The van der Waals surface area contributed by atoms with Gasteiger partial charge in [0, 0.05) is 43.1 Å². The predicted molar refractivity (Wildman–Crippen MR) is 482 cm³/mol. The number of ether oxygens (including phenoxy) is 4. The molecule has 0 bridgehead atoms. The first-order chi connectivity index (χ1) is 55.2. The molecule has 14 aromatic carbocycles. The monoisotopic (exact) mass is 1540 g/mol. The number of para-hydroxylation sites is 6. The minimum atomic E-state index is -0.446. The molecule has 0 aromatic heterocycles. The molecule has 0 unspecified atom stereocenters. The smallest absolute Gasteiger partial charge is 0.266 e. The first-order valence-corrected chi connectivity index (χ1v) is 42.5. The second-order valence-electron chi connectivity index (χ2n) is 36.5. The van der Waals surface area contributed by atoms with Gasteiger partial charge >= 0.3 is 0 Å². The fraction of sp³-hybridized carbons (Fsp3) is 0.340. The van der Waals surface area contributed by atoms with Crippen molar-refractivity contribution in [1.82, 2.24) is 0 Å². The molecule has 0 saturated carbocycles. The minimum Gasteiger partial charge on any atom is -0.456 e. The predicted octanol–water partition coefficient (Wildman–Crippen LogP) is 30.9. The summed E-state index contributed by atoms with van der Waals surface area (Å²) >= 11 is 0. The molecule has 4 amide bonds. The molecular weight excluding hydrogens is 1430 g/mol. The van der Waals surface area contributed by atoms with Crippen molar-refractivity contribution in [1.29, 1.82) is 0 Å². The summed E-state index contributed by atoms with van der Waals surface area (Å²) in [5.41, 5.74) is 14.1. The maximum absolute atomic E-state index is 16.8. The minimum absolute atomic E-state index is 0.0216. The van der Waals surface area contributed by atoms with E-state index in [1.54, 1.807) is 0 Å². The van der Waals surface area contributed by atoms with Gasteiger partial charge in [0.25, 0.3) is 23.6 Å². The van der Waals surface area contributed by atoms with Gasteiger partial charge in [0.1, 0.15) is 46.0 Å². The highest BCUT2D eigenvalue weighted by atomic mass is 16.5. The molecule has 10 nitrogen and oxygen atoms in total. The van der Waals surface area contributed by atoms with Crippen LogP contribution >= 0.6 is 0 Å². The number of nitrogens with zero attached hydrogens (tertiary/aromatic N) is 2. The summed E-state index contributed by atoms with van der Waals surface area (Å²) in [6.07, 6.45) is 0. The van der Waals surface area contributed by atoms with Gasteiger partial charge in [-0.25, -0.2) is 9.80 Å². The molecular formula is C106H110N2O8. The van der Waals surface area contributed by atoms with E-state index in [9.17, 15) is 0 Å². The van der Waals surface area contributed by atoms with Crippen molar-refractivity contribution in [3.63, 3.8) is 0 Å². The van der Waals surface area contributed by atoms with E-state index in [0.29, 0.717) is 123 Å². The largest absolute Gasteiger partial charge is 0.456 e. The van der Waals surface area contributed by atoms with Crippen molar-refractivity contribution < 1.29 is 38.1 Å². The average Bonchev–Trinajstić information content (AvgIpc) is 0.669. The second-order valence-corrected chi connectivity index (χ2v) is 36.5. The number of benzene rings is 14. The van der Waals surface area contributed by atoms with Gasteiger partial charge in [-0.05, 0) is 194 Å². The number of amides is 4. The molecule has 2 aliphatic heterocycles. The van der Waals surface area contributed by atoms with E-state index in [0.717, 1.165) is 99.1 Å². The van der Waals surface area contributed by atoms with Gasteiger partial charge in [0.05, 0.1) is 33.6 Å². The van der Waals surface area contributed by atoms with Gasteiger partial charge in [-0.2, -0.15) is 0 Å². The molecule has 0 N–H and O–H groups in total. The Labute approximate surface area is 684 Å². The van der Waals surface area contributed by atoms with Crippen LogP contribution in [-0.2, 0) is 0 Å². The number of hydrogen-bond donors (Lipinski definition) is 0. The zero-order valence-corrected chi connectivity index (χ0v) is 72.1. The molecule has 2 aliphatic rings. The van der Waals surface area contributed by atoms with Gasteiger partial charge < -0.3 is 18.9 Å². The van der Waals surface area contributed by atoms with Crippen molar-refractivity contribution in [2.24, 2.45) is 0 Å². The molecule has 0 spiro atoms. The Kier molecular flexibility index (Phi) is 20.1. The molecule has 0 fully saturated rings. The Balaban J connectivity index is 1.16. The summed E-state index contributed by atoms with van der Waals surface area (Å²) in [7, 11) is 0. The van der Waals surface area contributed by atoms with Crippen molar-refractivity contribution in [3.8, 4) is 46.0 Å². The molecule has 0 aliphatic carbocycles. The van der Waals surface area contributed by atoms with Crippen LogP contribution in [-0.4, -0.2) is 23.6 Å². The van der Waals surface area contributed by atoms with Crippen molar-refractivity contribution in [2.75, 3.05) is 9.80 Å². The first kappa shape index (κ1) is 78.8. The molecule has 0 saturated heterocycles. The molecule has 10 heteroatoms. The van der Waals surface area contributed by atoms with Crippen molar-refractivity contribution >= 4 is 110 Å². The van der Waals surface area contributed by atoms with Crippen LogP contribution in [0.3, 0.4) is 0 Å². The zero-order valence-electron chi connectivity index (χ0n) is 72.1. The third kappa shape index (κ3) is 12.3. The second kappa shape index (κ2) is 29.6. The molecule has 592 valence electrons. The van der Waals surface area contributed by atoms with Crippen LogP contribution < -0.4 is 28.7 Å². The normalized spacial score (nSPS) is 13.6. The number of rotatable bonds is 22. The lowest BCUT2D eigenvalue weighted by atomic mass is 9.79. The first-order valence-electron chi connectivity index (χ1n) is 42.5. The summed E-state index contributed by atoms with van der Waals surface area (Å²) in [5.74, 6) is 2.74. The van der Waals surface area contributed by atoms with Crippen LogP contribution in [0.4, 0.5) is 11.4 Å². The molecule has 116 heavy (non-hydrogen) atoms. The Morgan fingerprint density at radius 3 is 0.526 bits per heavy atom. The lowest BCUT2D eigenvalue weighted by Gasteiger charge is -2.34. The maximum Gasteiger partial charge on any atom is 0.266 e. The maximum atomic E-state index is 16.8. The van der Waals surface area contributed by atoms with E-state index in [2.05, 4.69) is 263 Å².